The number of nitrogens with two attached hydrogens (primary N) is 1. The summed E-state index contributed by atoms with van der Waals surface area (Å²) in [5.74, 6) is 1.33. The van der Waals surface area contributed by atoms with Gasteiger partial charge in [0.2, 0.25) is 0 Å². The largest absolute Gasteiger partial charge is 0.356 e. The second-order valence-electron chi connectivity index (χ2n) is 5.53. The predicted molar refractivity (Wildman–Crippen MR) is 80.4 cm³/mol. The normalized spacial score (nSPS) is 22.8. The van der Waals surface area contributed by atoms with Crippen LogP contribution >= 0.6 is 0 Å². The molecule has 0 radical (unpaired) electrons. The summed E-state index contributed by atoms with van der Waals surface area (Å²) in [7, 11) is 0. The molecule has 0 saturated carbocycles. The van der Waals surface area contributed by atoms with Crippen LogP contribution in [0.2, 0.25) is 0 Å². The zero-order valence-corrected chi connectivity index (χ0v) is 11.6. The minimum absolute atomic E-state index is 0.266. The molecule has 2 aromatic rings. The molecule has 4 heteroatoms. The SMILES string of the molecule is CC1CN(c2cc(C#N)c3ccccc3n2)CCC1N. The average Bonchev–Trinajstić information content (AvgIpc) is 2.49. The molecule has 2 heterocycles. The molecule has 102 valence electrons. The number of benzene rings is 1. The van der Waals surface area contributed by atoms with Gasteiger partial charge in [-0.1, -0.05) is 25.1 Å². The number of piperidine rings is 1. The van der Waals surface area contributed by atoms with E-state index in [1.165, 1.54) is 0 Å². The summed E-state index contributed by atoms with van der Waals surface area (Å²) in [6, 6.07) is 12.2. The maximum absolute atomic E-state index is 9.34. The topological polar surface area (TPSA) is 65.9 Å². The number of hydrogen-bond donors (Lipinski definition) is 1. The molecule has 0 bridgehead atoms. The van der Waals surface area contributed by atoms with Crippen LogP contribution in [0.15, 0.2) is 30.3 Å². The third-order valence-corrected chi connectivity index (χ3v) is 4.12. The first-order chi connectivity index (χ1) is 9.69. The maximum Gasteiger partial charge on any atom is 0.130 e. The fourth-order valence-electron chi connectivity index (χ4n) is 2.79. The molecule has 4 nitrogen and oxygen atoms in total. The van der Waals surface area contributed by atoms with Crippen molar-refractivity contribution in [1.29, 1.82) is 5.26 Å². The Morgan fingerprint density at radius 3 is 2.95 bits per heavy atom. The van der Waals surface area contributed by atoms with Crippen LogP contribution < -0.4 is 10.6 Å². The first-order valence-corrected chi connectivity index (χ1v) is 6.99. The molecule has 1 aliphatic heterocycles. The minimum Gasteiger partial charge on any atom is -0.356 e. The van der Waals surface area contributed by atoms with E-state index in [1.807, 2.05) is 30.3 Å². The molecular formula is C16H18N4. The van der Waals surface area contributed by atoms with Gasteiger partial charge in [0, 0.05) is 24.5 Å². The van der Waals surface area contributed by atoms with Crippen LogP contribution in [-0.2, 0) is 0 Å². The lowest BCUT2D eigenvalue weighted by atomic mass is 9.95. The Hall–Kier alpha value is -2.12. The lowest BCUT2D eigenvalue weighted by Crippen LogP contribution is -2.46. The third kappa shape index (κ3) is 2.21. The molecule has 0 amide bonds. The highest BCUT2D eigenvalue weighted by molar-refractivity contribution is 5.86. The molecule has 20 heavy (non-hydrogen) atoms. The summed E-state index contributed by atoms with van der Waals surface area (Å²) in [4.78, 5) is 6.94. The van der Waals surface area contributed by atoms with Crippen molar-refractivity contribution >= 4 is 16.7 Å². The smallest absolute Gasteiger partial charge is 0.130 e. The summed E-state index contributed by atoms with van der Waals surface area (Å²) in [5, 5.41) is 10.3. The molecule has 1 aromatic heterocycles. The molecule has 1 aromatic carbocycles. The van der Waals surface area contributed by atoms with Crippen molar-refractivity contribution in [3.8, 4) is 6.07 Å². The first kappa shape index (κ1) is 12.9. The van der Waals surface area contributed by atoms with Gasteiger partial charge < -0.3 is 10.6 Å². The number of para-hydroxylation sites is 1. The number of anilines is 1. The molecule has 1 aliphatic rings. The molecule has 1 fully saturated rings. The van der Waals surface area contributed by atoms with Gasteiger partial charge in [-0.3, -0.25) is 0 Å². The fourth-order valence-corrected chi connectivity index (χ4v) is 2.79. The van der Waals surface area contributed by atoms with Crippen LogP contribution in [0.3, 0.4) is 0 Å². The van der Waals surface area contributed by atoms with Gasteiger partial charge in [0.1, 0.15) is 5.82 Å². The van der Waals surface area contributed by atoms with E-state index in [2.05, 4.69) is 17.9 Å². The Kier molecular flexibility index (Phi) is 3.29. The number of nitrogens with zero attached hydrogens (tertiary/aromatic N) is 3. The standard InChI is InChI=1S/C16H18N4/c1-11-10-20(7-6-14(11)18)16-8-12(9-17)13-4-2-3-5-15(13)19-16/h2-5,8,11,14H,6-7,10,18H2,1H3. The van der Waals surface area contributed by atoms with E-state index in [-0.39, 0.29) is 6.04 Å². The van der Waals surface area contributed by atoms with E-state index in [9.17, 15) is 5.26 Å². The lowest BCUT2D eigenvalue weighted by molar-refractivity contribution is 0.381. The van der Waals surface area contributed by atoms with Crippen molar-refractivity contribution in [3.05, 3.63) is 35.9 Å². The summed E-state index contributed by atoms with van der Waals surface area (Å²) in [6.07, 6.45) is 0.970. The highest BCUT2D eigenvalue weighted by atomic mass is 15.2. The average molecular weight is 266 g/mol. The van der Waals surface area contributed by atoms with E-state index in [0.29, 0.717) is 11.5 Å². The Bertz CT molecular complexity index is 674. The van der Waals surface area contributed by atoms with Gasteiger partial charge in [0.05, 0.1) is 17.1 Å². The van der Waals surface area contributed by atoms with Crippen LogP contribution in [0.1, 0.15) is 18.9 Å². The molecule has 2 unspecified atom stereocenters. The second kappa shape index (κ2) is 5.10. The van der Waals surface area contributed by atoms with E-state index < -0.39 is 0 Å². The number of aromatic nitrogens is 1. The molecule has 2 N–H and O–H groups in total. The number of nitriles is 1. The Labute approximate surface area is 118 Å². The zero-order chi connectivity index (χ0) is 14.1. The maximum atomic E-state index is 9.34. The Morgan fingerprint density at radius 1 is 1.40 bits per heavy atom. The van der Waals surface area contributed by atoms with Gasteiger partial charge in [0.15, 0.2) is 0 Å². The van der Waals surface area contributed by atoms with Crippen molar-refractivity contribution in [2.24, 2.45) is 11.7 Å². The van der Waals surface area contributed by atoms with Crippen LogP contribution in [0, 0.1) is 17.2 Å². The minimum atomic E-state index is 0.266. The summed E-state index contributed by atoms with van der Waals surface area (Å²) in [5.41, 5.74) is 7.63. The van der Waals surface area contributed by atoms with Crippen LogP contribution in [0.4, 0.5) is 5.82 Å². The summed E-state index contributed by atoms with van der Waals surface area (Å²) in [6.45, 7) is 3.97. The number of fused-ring (bicyclic) bond motifs is 1. The van der Waals surface area contributed by atoms with E-state index >= 15 is 0 Å². The van der Waals surface area contributed by atoms with Crippen LogP contribution in [0.5, 0.6) is 0 Å². The second-order valence-corrected chi connectivity index (χ2v) is 5.53. The highest BCUT2D eigenvalue weighted by Crippen LogP contribution is 2.25. The highest BCUT2D eigenvalue weighted by Gasteiger charge is 2.24. The van der Waals surface area contributed by atoms with Gasteiger partial charge in [-0.25, -0.2) is 4.98 Å². The monoisotopic (exact) mass is 266 g/mol. The van der Waals surface area contributed by atoms with Crippen molar-refractivity contribution < 1.29 is 0 Å². The molecular weight excluding hydrogens is 248 g/mol. The predicted octanol–water partition coefficient (Wildman–Crippen LogP) is 2.28. The Balaban J connectivity index is 2.02. The van der Waals surface area contributed by atoms with Gasteiger partial charge in [-0.05, 0) is 24.5 Å². The Morgan fingerprint density at radius 2 is 2.20 bits per heavy atom. The van der Waals surface area contributed by atoms with Gasteiger partial charge in [-0.2, -0.15) is 5.26 Å². The molecule has 0 spiro atoms. The van der Waals surface area contributed by atoms with Crippen LogP contribution in [-0.4, -0.2) is 24.1 Å². The molecule has 0 aliphatic carbocycles. The van der Waals surface area contributed by atoms with E-state index in [1.54, 1.807) is 0 Å². The summed E-state index contributed by atoms with van der Waals surface area (Å²) < 4.78 is 0. The van der Waals surface area contributed by atoms with Crippen LogP contribution in [0.25, 0.3) is 10.9 Å². The molecule has 2 atom stereocenters. The van der Waals surface area contributed by atoms with Gasteiger partial charge in [0.25, 0.3) is 0 Å². The number of hydrogen-bond acceptors (Lipinski definition) is 4. The van der Waals surface area contributed by atoms with Crippen molar-refractivity contribution in [2.75, 3.05) is 18.0 Å². The number of pyridine rings is 1. The molecule has 1 saturated heterocycles. The lowest BCUT2D eigenvalue weighted by Gasteiger charge is -2.36. The van der Waals surface area contributed by atoms with Gasteiger partial charge >= 0.3 is 0 Å². The molecule has 3 rings (SSSR count). The number of rotatable bonds is 1. The van der Waals surface area contributed by atoms with E-state index in [4.69, 9.17) is 10.7 Å². The van der Waals surface area contributed by atoms with Crippen molar-refractivity contribution in [3.63, 3.8) is 0 Å². The first-order valence-electron chi connectivity index (χ1n) is 6.99. The zero-order valence-electron chi connectivity index (χ0n) is 11.6. The van der Waals surface area contributed by atoms with E-state index in [0.717, 1.165) is 36.2 Å². The third-order valence-electron chi connectivity index (χ3n) is 4.12. The van der Waals surface area contributed by atoms with Gasteiger partial charge in [-0.15, -0.1) is 0 Å². The van der Waals surface area contributed by atoms with Crippen molar-refractivity contribution in [2.45, 2.75) is 19.4 Å². The fraction of sp³-hybridized carbons (Fsp3) is 0.375. The quantitative estimate of drug-likeness (QED) is 0.860. The summed E-state index contributed by atoms with van der Waals surface area (Å²) >= 11 is 0. The van der Waals surface area contributed by atoms with Crippen molar-refractivity contribution in [1.82, 2.24) is 4.98 Å².